The number of halogens is 1. The number of carbonyl (C=O) groups is 2. The van der Waals surface area contributed by atoms with Crippen LogP contribution in [0.25, 0.3) is 0 Å². The van der Waals surface area contributed by atoms with Gasteiger partial charge < -0.3 is 0 Å². The van der Waals surface area contributed by atoms with Crippen LogP contribution in [0.2, 0.25) is 0 Å². The van der Waals surface area contributed by atoms with Crippen LogP contribution in [-0.2, 0) is 9.59 Å². The van der Waals surface area contributed by atoms with Gasteiger partial charge in [0.15, 0.2) is 0 Å². The molecule has 5 aliphatic rings. The maximum absolute atomic E-state index is 12.4. The molecule has 0 saturated heterocycles. The molecule has 0 aromatic heterocycles. The summed E-state index contributed by atoms with van der Waals surface area (Å²) in [5, 5.41) is 22.5. The number of rotatable bonds is 3. The molecule has 0 aliphatic heterocycles. The van der Waals surface area contributed by atoms with E-state index in [2.05, 4.69) is 6.08 Å². The second-order valence-corrected chi connectivity index (χ2v) is 12.0. The third-order valence-electron chi connectivity index (χ3n) is 7.11. The van der Waals surface area contributed by atoms with Gasteiger partial charge >= 0.3 is 164 Å². The number of allylic oxidation sites excluding steroid dienone is 3. The average molecular weight is 467 g/mol. The summed E-state index contributed by atoms with van der Waals surface area (Å²) < 4.78 is 1.87. The Bertz CT molecular complexity index is 790. The normalized spacial score (nSPS) is 41.8. The molecule has 0 heterocycles. The Hall–Kier alpha value is -0.950. The zero-order valence-corrected chi connectivity index (χ0v) is 16.9. The Balaban J connectivity index is 1.63. The Morgan fingerprint density at radius 2 is 1.96 bits per heavy atom. The van der Waals surface area contributed by atoms with Crippen LogP contribution in [0.3, 0.4) is 0 Å². The molecule has 5 rings (SSSR count). The Morgan fingerprint density at radius 3 is 2.73 bits per heavy atom. The van der Waals surface area contributed by atoms with E-state index in [-0.39, 0.29) is 45.1 Å². The van der Waals surface area contributed by atoms with Gasteiger partial charge in [-0.15, -0.1) is 0 Å². The van der Waals surface area contributed by atoms with E-state index in [1.807, 2.05) is 0 Å². The molecule has 5 aliphatic carbocycles. The van der Waals surface area contributed by atoms with Gasteiger partial charge in [0.2, 0.25) is 0 Å². The standard InChI is InChI=1S/C21H24IO4/c23-14-5-8-21(26)15-9-13-3-4-17(24)19(25)18(13)20(21,10-14)7-6-16(15)22-11-12-1-2-12/h3-4,9,12,15-16,25-26H,1-2,5-8,10-11H2/q-1/t15-,16?,20+,21+/m0/s1. The summed E-state index contributed by atoms with van der Waals surface area (Å²) in [6.07, 6.45) is 10.9. The van der Waals surface area contributed by atoms with Crippen LogP contribution in [0, 0.1) is 17.3 Å². The van der Waals surface area contributed by atoms with Crippen LogP contribution >= 0.6 is 0 Å². The first-order valence-corrected chi connectivity index (χ1v) is 12.4. The molecule has 2 N–H and O–H groups in total. The van der Waals surface area contributed by atoms with Gasteiger partial charge in [0.1, 0.15) is 0 Å². The number of Topliss-reactive ketones (excluding diaryl/α,β-unsaturated/α-hetero) is 1. The number of fused-ring (bicyclic) bond motifs is 1. The van der Waals surface area contributed by atoms with E-state index < -0.39 is 16.8 Å². The van der Waals surface area contributed by atoms with Crippen LogP contribution in [0.5, 0.6) is 0 Å². The summed E-state index contributed by atoms with van der Waals surface area (Å²) in [4.78, 5) is 24.5. The number of hydrogen-bond donors (Lipinski definition) is 2. The molecule has 3 fully saturated rings. The molecule has 4 nitrogen and oxygen atoms in total. The van der Waals surface area contributed by atoms with E-state index in [4.69, 9.17) is 0 Å². The fourth-order valence-electron chi connectivity index (χ4n) is 5.58. The van der Waals surface area contributed by atoms with Crippen molar-refractivity contribution in [2.45, 2.75) is 54.5 Å². The van der Waals surface area contributed by atoms with Gasteiger partial charge in [-0.25, -0.2) is 0 Å². The van der Waals surface area contributed by atoms with Gasteiger partial charge in [0.05, 0.1) is 0 Å². The van der Waals surface area contributed by atoms with E-state index in [0.717, 1.165) is 17.9 Å². The second kappa shape index (κ2) is 5.77. The van der Waals surface area contributed by atoms with Gasteiger partial charge in [-0.05, 0) is 0 Å². The first-order chi connectivity index (χ1) is 12.4. The van der Waals surface area contributed by atoms with E-state index in [1.165, 1.54) is 23.3 Å². The van der Waals surface area contributed by atoms with Crippen molar-refractivity contribution in [3.63, 3.8) is 0 Å². The molecular formula is C21H24IO4-. The van der Waals surface area contributed by atoms with Crippen LogP contribution < -0.4 is 21.2 Å². The van der Waals surface area contributed by atoms with Crippen LogP contribution in [0.4, 0.5) is 0 Å². The topological polar surface area (TPSA) is 74.6 Å². The molecule has 1 unspecified atom stereocenters. The van der Waals surface area contributed by atoms with Crippen LogP contribution in [0.15, 0.2) is 35.1 Å². The molecule has 26 heavy (non-hydrogen) atoms. The van der Waals surface area contributed by atoms with Crippen molar-refractivity contribution in [3.8, 4) is 0 Å². The minimum atomic E-state index is -0.995. The summed E-state index contributed by atoms with van der Waals surface area (Å²) in [5.74, 6) is 0.452. The molecule has 0 amide bonds. The van der Waals surface area contributed by atoms with Gasteiger partial charge in [-0.3, -0.25) is 0 Å². The number of alkyl halides is 2. The van der Waals surface area contributed by atoms with E-state index in [0.29, 0.717) is 28.8 Å². The molecule has 3 saturated carbocycles. The molecule has 4 atom stereocenters. The van der Waals surface area contributed by atoms with E-state index in [1.54, 1.807) is 6.08 Å². The average Bonchev–Trinajstić information content (AvgIpc) is 3.42. The Kier molecular flexibility index (Phi) is 3.81. The van der Waals surface area contributed by atoms with Gasteiger partial charge in [-0.2, -0.15) is 0 Å². The zero-order valence-electron chi connectivity index (χ0n) is 14.7. The number of hydrogen-bond acceptors (Lipinski definition) is 4. The first-order valence-electron chi connectivity index (χ1n) is 9.65. The second-order valence-electron chi connectivity index (χ2n) is 8.60. The molecule has 0 aromatic rings. The Labute approximate surface area is 163 Å². The molecule has 140 valence electrons. The minimum absolute atomic E-state index is 0.00768. The molecule has 2 bridgehead atoms. The van der Waals surface area contributed by atoms with Gasteiger partial charge in [-0.1, -0.05) is 0 Å². The van der Waals surface area contributed by atoms with Crippen molar-refractivity contribution in [3.05, 3.63) is 35.1 Å². The number of ketones is 2. The number of carbonyl (C=O) groups excluding carboxylic acids is 2. The van der Waals surface area contributed by atoms with E-state index in [9.17, 15) is 19.8 Å². The van der Waals surface area contributed by atoms with Crippen molar-refractivity contribution in [2.24, 2.45) is 17.3 Å². The Morgan fingerprint density at radius 1 is 1.15 bits per heavy atom. The molecule has 5 heteroatoms. The van der Waals surface area contributed by atoms with Crippen LogP contribution in [0.1, 0.15) is 44.9 Å². The van der Waals surface area contributed by atoms with Crippen molar-refractivity contribution in [2.75, 3.05) is 4.43 Å². The predicted octanol–water partition coefficient (Wildman–Crippen LogP) is -0.374. The van der Waals surface area contributed by atoms with Crippen molar-refractivity contribution in [1.29, 1.82) is 0 Å². The van der Waals surface area contributed by atoms with Crippen molar-refractivity contribution < 1.29 is 41.0 Å². The summed E-state index contributed by atoms with van der Waals surface area (Å²) in [5.41, 5.74) is -0.352. The SMILES string of the molecule is O=C1CC[C@@]2(O)[C@H]3C=C4C=CC(=O)C(O)=C4[C@@]2(CCC3[I-]CC2CC2)C1. The zero-order chi connectivity index (χ0) is 18.1. The first kappa shape index (κ1) is 17.2. The van der Waals surface area contributed by atoms with Gasteiger partial charge in [0.25, 0.3) is 0 Å². The summed E-state index contributed by atoms with van der Waals surface area (Å²) in [6.45, 7) is 0. The summed E-state index contributed by atoms with van der Waals surface area (Å²) >= 11 is 0.00768. The summed E-state index contributed by atoms with van der Waals surface area (Å²) in [7, 11) is 0. The third-order valence-corrected chi connectivity index (χ3v) is 11.4. The fraction of sp³-hybridized carbons (Fsp3) is 0.619. The predicted molar refractivity (Wildman–Crippen MR) is 92.2 cm³/mol. The van der Waals surface area contributed by atoms with Crippen LogP contribution in [-0.4, -0.2) is 35.7 Å². The number of aliphatic hydroxyl groups excluding tert-OH is 1. The fourth-order valence-corrected chi connectivity index (χ4v) is 9.94. The van der Waals surface area contributed by atoms with Gasteiger partial charge in [0, 0.05) is 0 Å². The van der Waals surface area contributed by atoms with Crippen molar-refractivity contribution >= 4 is 11.6 Å². The van der Waals surface area contributed by atoms with Crippen molar-refractivity contribution in [1.82, 2.24) is 0 Å². The third kappa shape index (κ3) is 2.28. The maximum atomic E-state index is 12.4. The summed E-state index contributed by atoms with van der Waals surface area (Å²) in [6, 6.07) is 0. The monoisotopic (exact) mass is 467 g/mol. The molecule has 0 spiro atoms. The number of aliphatic hydroxyl groups is 2. The molecule has 0 aromatic carbocycles. The molecular weight excluding hydrogens is 443 g/mol. The molecule has 0 radical (unpaired) electrons. The quantitative estimate of drug-likeness (QED) is 0.439. The van der Waals surface area contributed by atoms with E-state index >= 15 is 0 Å².